The average molecular weight is 185 g/mol. The molecular weight excluding hydrogens is 166 g/mol. The number of hydrogen-bond donors (Lipinski definition) is 1. The smallest absolute Gasteiger partial charge is 0.246 e. The van der Waals surface area contributed by atoms with Gasteiger partial charge in [0.2, 0.25) is 5.91 Å². The number of carbonyl (C=O) groups is 1. The van der Waals surface area contributed by atoms with Gasteiger partial charge in [-0.2, -0.15) is 0 Å². The first kappa shape index (κ1) is 10.5. The normalized spacial score (nSPS) is 29.1. The van der Waals surface area contributed by atoms with Crippen LogP contribution in [0.1, 0.15) is 33.6 Å². The van der Waals surface area contributed by atoms with Crippen LogP contribution in [0.5, 0.6) is 0 Å². The minimum atomic E-state index is -0.109. The Hall–Kier alpha value is -0.570. The maximum atomic E-state index is 10.9. The molecule has 0 radical (unpaired) electrons. The van der Waals surface area contributed by atoms with Crippen LogP contribution in [-0.2, 0) is 9.53 Å². The van der Waals surface area contributed by atoms with Gasteiger partial charge in [-0.1, -0.05) is 20.8 Å². The lowest BCUT2D eigenvalue weighted by atomic mass is 9.89. The molecule has 1 fully saturated rings. The predicted octanol–water partition coefficient (Wildman–Crippen LogP) is 1.33. The molecule has 13 heavy (non-hydrogen) atoms. The molecule has 0 saturated carbocycles. The molecule has 0 aromatic rings. The Balaban J connectivity index is 2.54. The summed E-state index contributed by atoms with van der Waals surface area (Å²) < 4.78 is 5.63. The SMILES string of the molecule is CCC1(CC(C)C)CNC(=O)CO1. The van der Waals surface area contributed by atoms with E-state index in [-0.39, 0.29) is 18.1 Å². The van der Waals surface area contributed by atoms with E-state index in [2.05, 4.69) is 26.1 Å². The van der Waals surface area contributed by atoms with Gasteiger partial charge in [-0.05, 0) is 18.8 Å². The lowest BCUT2D eigenvalue weighted by Gasteiger charge is -2.37. The van der Waals surface area contributed by atoms with Crippen molar-refractivity contribution in [2.45, 2.75) is 39.2 Å². The summed E-state index contributed by atoms with van der Waals surface area (Å²) in [4.78, 5) is 10.9. The van der Waals surface area contributed by atoms with Gasteiger partial charge < -0.3 is 10.1 Å². The van der Waals surface area contributed by atoms with E-state index in [1.165, 1.54) is 0 Å². The highest BCUT2D eigenvalue weighted by Gasteiger charge is 2.34. The zero-order valence-electron chi connectivity index (χ0n) is 8.72. The summed E-state index contributed by atoms with van der Waals surface area (Å²) in [6, 6.07) is 0. The Morgan fingerprint density at radius 1 is 1.62 bits per heavy atom. The molecule has 1 saturated heterocycles. The second-order valence-electron chi connectivity index (χ2n) is 4.20. The van der Waals surface area contributed by atoms with Gasteiger partial charge in [0.1, 0.15) is 6.61 Å². The summed E-state index contributed by atoms with van der Waals surface area (Å²) in [5.74, 6) is 0.614. The van der Waals surface area contributed by atoms with Gasteiger partial charge in [-0.15, -0.1) is 0 Å². The highest BCUT2D eigenvalue weighted by Crippen LogP contribution is 2.26. The first-order valence-corrected chi connectivity index (χ1v) is 4.98. The molecule has 0 aromatic heterocycles. The molecule has 1 aliphatic rings. The third kappa shape index (κ3) is 2.69. The summed E-state index contributed by atoms with van der Waals surface area (Å²) in [6.45, 7) is 7.36. The van der Waals surface area contributed by atoms with Gasteiger partial charge >= 0.3 is 0 Å². The summed E-state index contributed by atoms with van der Waals surface area (Å²) in [5.41, 5.74) is -0.109. The van der Waals surface area contributed by atoms with Crippen molar-refractivity contribution in [1.82, 2.24) is 5.32 Å². The molecule has 1 N–H and O–H groups in total. The lowest BCUT2D eigenvalue weighted by Crippen LogP contribution is -2.52. The summed E-state index contributed by atoms with van der Waals surface area (Å²) >= 11 is 0. The number of morpholine rings is 1. The summed E-state index contributed by atoms with van der Waals surface area (Å²) in [6.07, 6.45) is 1.98. The Morgan fingerprint density at radius 3 is 2.69 bits per heavy atom. The summed E-state index contributed by atoms with van der Waals surface area (Å²) in [7, 11) is 0. The van der Waals surface area contributed by atoms with Crippen molar-refractivity contribution in [2.24, 2.45) is 5.92 Å². The van der Waals surface area contributed by atoms with Gasteiger partial charge in [0.15, 0.2) is 0 Å². The molecule has 1 aliphatic heterocycles. The van der Waals surface area contributed by atoms with Crippen molar-refractivity contribution in [3.8, 4) is 0 Å². The molecular formula is C10H19NO2. The third-order valence-electron chi connectivity index (χ3n) is 2.54. The molecule has 1 atom stereocenters. The zero-order chi connectivity index (χ0) is 9.90. The van der Waals surface area contributed by atoms with E-state index in [9.17, 15) is 4.79 Å². The first-order valence-electron chi connectivity index (χ1n) is 4.98. The molecule has 1 amide bonds. The standard InChI is InChI=1S/C10H19NO2/c1-4-10(5-8(2)3)7-11-9(12)6-13-10/h8H,4-7H2,1-3H3,(H,11,12). The molecule has 0 bridgehead atoms. The van der Waals surface area contributed by atoms with Crippen LogP contribution in [-0.4, -0.2) is 24.7 Å². The summed E-state index contributed by atoms with van der Waals surface area (Å²) in [5, 5.41) is 2.87. The van der Waals surface area contributed by atoms with Crippen LogP contribution in [0, 0.1) is 5.92 Å². The van der Waals surface area contributed by atoms with Crippen molar-refractivity contribution in [1.29, 1.82) is 0 Å². The largest absolute Gasteiger partial charge is 0.363 e. The Bertz CT molecular complexity index is 179. The Morgan fingerprint density at radius 2 is 2.31 bits per heavy atom. The maximum Gasteiger partial charge on any atom is 0.246 e. The Labute approximate surface area is 79.8 Å². The highest BCUT2D eigenvalue weighted by atomic mass is 16.5. The highest BCUT2D eigenvalue weighted by molar-refractivity contribution is 5.77. The van der Waals surface area contributed by atoms with Crippen LogP contribution >= 0.6 is 0 Å². The van der Waals surface area contributed by atoms with Crippen molar-refractivity contribution in [3.05, 3.63) is 0 Å². The lowest BCUT2D eigenvalue weighted by molar-refractivity contribution is -0.146. The second kappa shape index (κ2) is 4.09. The van der Waals surface area contributed by atoms with Gasteiger partial charge in [0, 0.05) is 6.54 Å². The molecule has 3 nitrogen and oxygen atoms in total. The fourth-order valence-electron chi connectivity index (χ4n) is 1.83. The van der Waals surface area contributed by atoms with E-state index in [1.54, 1.807) is 0 Å². The van der Waals surface area contributed by atoms with Crippen LogP contribution in [0.3, 0.4) is 0 Å². The molecule has 3 heteroatoms. The van der Waals surface area contributed by atoms with Crippen LogP contribution < -0.4 is 5.32 Å². The van der Waals surface area contributed by atoms with Crippen LogP contribution in [0.2, 0.25) is 0 Å². The fraction of sp³-hybridized carbons (Fsp3) is 0.900. The molecule has 1 rings (SSSR count). The third-order valence-corrected chi connectivity index (χ3v) is 2.54. The molecule has 0 spiro atoms. The Kier molecular flexibility index (Phi) is 3.31. The van der Waals surface area contributed by atoms with Gasteiger partial charge in [-0.25, -0.2) is 0 Å². The van der Waals surface area contributed by atoms with Crippen LogP contribution in [0.15, 0.2) is 0 Å². The van der Waals surface area contributed by atoms with E-state index in [1.807, 2.05) is 0 Å². The molecule has 76 valence electrons. The monoisotopic (exact) mass is 185 g/mol. The molecule has 0 aliphatic carbocycles. The number of rotatable bonds is 3. The van der Waals surface area contributed by atoms with Crippen molar-refractivity contribution >= 4 is 5.91 Å². The van der Waals surface area contributed by atoms with E-state index in [4.69, 9.17) is 4.74 Å². The van der Waals surface area contributed by atoms with Gasteiger partial charge in [0.05, 0.1) is 5.60 Å². The van der Waals surface area contributed by atoms with Gasteiger partial charge in [0.25, 0.3) is 0 Å². The second-order valence-corrected chi connectivity index (χ2v) is 4.20. The van der Waals surface area contributed by atoms with Gasteiger partial charge in [-0.3, -0.25) is 4.79 Å². The minimum absolute atomic E-state index is 0.00725. The van der Waals surface area contributed by atoms with E-state index < -0.39 is 0 Å². The molecule has 1 unspecified atom stereocenters. The number of amides is 1. The number of hydrogen-bond acceptors (Lipinski definition) is 2. The zero-order valence-corrected chi connectivity index (χ0v) is 8.72. The number of carbonyl (C=O) groups excluding carboxylic acids is 1. The first-order chi connectivity index (χ1) is 6.08. The quantitative estimate of drug-likeness (QED) is 0.720. The van der Waals surface area contributed by atoms with Crippen molar-refractivity contribution in [2.75, 3.05) is 13.2 Å². The average Bonchev–Trinajstić information content (AvgIpc) is 2.09. The van der Waals surface area contributed by atoms with E-state index in [0.29, 0.717) is 12.5 Å². The maximum absolute atomic E-state index is 10.9. The van der Waals surface area contributed by atoms with Crippen LogP contribution in [0.4, 0.5) is 0 Å². The topological polar surface area (TPSA) is 38.3 Å². The molecule has 0 aromatic carbocycles. The van der Waals surface area contributed by atoms with E-state index >= 15 is 0 Å². The predicted molar refractivity (Wildman–Crippen MR) is 51.4 cm³/mol. The minimum Gasteiger partial charge on any atom is -0.363 e. The number of nitrogens with one attached hydrogen (secondary N) is 1. The number of ether oxygens (including phenoxy) is 1. The van der Waals surface area contributed by atoms with Crippen LogP contribution in [0.25, 0.3) is 0 Å². The van der Waals surface area contributed by atoms with Crippen molar-refractivity contribution < 1.29 is 9.53 Å². The molecule has 1 heterocycles. The fourth-order valence-corrected chi connectivity index (χ4v) is 1.83. The van der Waals surface area contributed by atoms with Crippen molar-refractivity contribution in [3.63, 3.8) is 0 Å². The van der Waals surface area contributed by atoms with E-state index in [0.717, 1.165) is 12.8 Å².